The fraction of sp³-hybridized carbons (Fsp3) is 0.188. The summed E-state index contributed by atoms with van der Waals surface area (Å²) in [7, 11) is 3.00. The van der Waals surface area contributed by atoms with Crippen LogP contribution in [0.15, 0.2) is 40.8 Å². The highest BCUT2D eigenvalue weighted by Crippen LogP contribution is 2.27. The molecule has 1 heterocycles. The molecule has 0 radical (unpaired) electrons. The van der Waals surface area contributed by atoms with E-state index in [4.69, 9.17) is 9.47 Å². The standard InChI is InChI=1S/C16H17N3O4S/c1-22-13-6-5-11(8-14(13)23-2)16(21)17-10-15(20)19-18-9-12-4-3-7-24-12/h3-9H,10H2,1-2H3,(H,17,21)(H,19,20). The lowest BCUT2D eigenvalue weighted by Gasteiger charge is -2.09. The van der Waals surface area contributed by atoms with Crippen LogP contribution in [0.25, 0.3) is 0 Å². The summed E-state index contributed by atoms with van der Waals surface area (Å²) in [5.41, 5.74) is 2.71. The minimum Gasteiger partial charge on any atom is -0.493 e. The van der Waals surface area contributed by atoms with Gasteiger partial charge >= 0.3 is 0 Å². The number of amides is 2. The Kier molecular flexibility index (Phi) is 6.32. The number of benzene rings is 1. The summed E-state index contributed by atoms with van der Waals surface area (Å²) < 4.78 is 10.2. The first-order valence-electron chi connectivity index (χ1n) is 6.99. The number of methoxy groups -OCH3 is 2. The monoisotopic (exact) mass is 347 g/mol. The largest absolute Gasteiger partial charge is 0.493 e. The molecule has 0 aliphatic carbocycles. The number of nitrogens with one attached hydrogen (secondary N) is 2. The van der Waals surface area contributed by atoms with E-state index in [2.05, 4.69) is 15.8 Å². The number of thiophene rings is 1. The van der Waals surface area contributed by atoms with E-state index in [1.54, 1.807) is 24.4 Å². The summed E-state index contributed by atoms with van der Waals surface area (Å²) in [6, 6.07) is 8.51. The van der Waals surface area contributed by atoms with Gasteiger partial charge < -0.3 is 14.8 Å². The zero-order valence-corrected chi connectivity index (χ0v) is 14.1. The zero-order chi connectivity index (χ0) is 17.4. The van der Waals surface area contributed by atoms with Crippen molar-refractivity contribution in [1.29, 1.82) is 0 Å². The Morgan fingerprint density at radius 3 is 2.67 bits per heavy atom. The summed E-state index contributed by atoms with van der Waals surface area (Å²) in [4.78, 5) is 24.6. The summed E-state index contributed by atoms with van der Waals surface area (Å²) in [6.45, 7) is -0.186. The van der Waals surface area contributed by atoms with E-state index >= 15 is 0 Å². The van der Waals surface area contributed by atoms with Gasteiger partial charge in [-0.2, -0.15) is 5.10 Å². The van der Waals surface area contributed by atoms with Gasteiger partial charge in [-0.1, -0.05) is 6.07 Å². The van der Waals surface area contributed by atoms with E-state index in [1.807, 2.05) is 17.5 Å². The second-order valence-electron chi connectivity index (χ2n) is 4.56. The number of carbonyl (C=O) groups is 2. The summed E-state index contributed by atoms with van der Waals surface area (Å²) in [6.07, 6.45) is 1.54. The molecule has 0 saturated heterocycles. The third kappa shape index (κ3) is 4.82. The average Bonchev–Trinajstić information content (AvgIpc) is 3.12. The smallest absolute Gasteiger partial charge is 0.259 e. The summed E-state index contributed by atoms with van der Waals surface area (Å²) in [5.74, 6) is 0.148. The normalized spacial score (nSPS) is 10.4. The number of ether oxygens (including phenoxy) is 2. The van der Waals surface area contributed by atoms with Crippen molar-refractivity contribution in [3.05, 3.63) is 46.2 Å². The van der Waals surface area contributed by atoms with Crippen LogP contribution in [0.1, 0.15) is 15.2 Å². The van der Waals surface area contributed by atoms with Crippen molar-refractivity contribution in [3.8, 4) is 11.5 Å². The minimum atomic E-state index is -0.420. The zero-order valence-electron chi connectivity index (χ0n) is 13.2. The fourth-order valence-corrected chi connectivity index (χ4v) is 2.40. The Hall–Kier alpha value is -2.87. The average molecular weight is 347 g/mol. The van der Waals surface area contributed by atoms with Crippen molar-refractivity contribution in [2.75, 3.05) is 20.8 Å². The van der Waals surface area contributed by atoms with Crippen LogP contribution < -0.4 is 20.2 Å². The molecule has 0 aliphatic rings. The van der Waals surface area contributed by atoms with E-state index in [1.165, 1.54) is 25.6 Å². The molecule has 126 valence electrons. The highest BCUT2D eigenvalue weighted by atomic mass is 32.1. The molecule has 0 aliphatic heterocycles. The van der Waals surface area contributed by atoms with Crippen molar-refractivity contribution in [3.63, 3.8) is 0 Å². The predicted molar refractivity (Wildman–Crippen MR) is 91.9 cm³/mol. The van der Waals surface area contributed by atoms with Gasteiger partial charge in [0.1, 0.15) is 0 Å². The molecule has 0 bridgehead atoms. The number of nitrogens with zero attached hydrogens (tertiary/aromatic N) is 1. The van der Waals surface area contributed by atoms with Gasteiger partial charge in [0, 0.05) is 10.4 Å². The Bertz CT molecular complexity index is 729. The molecule has 0 atom stereocenters. The van der Waals surface area contributed by atoms with Crippen LogP contribution in [0.5, 0.6) is 11.5 Å². The molecule has 2 aromatic rings. The second kappa shape index (κ2) is 8.68. The molecule has 2 rings (SSSR count). The summed E-state index contributed by atoms with van der Waals surface area (Å²) >= 11 is 1.50. The summed E-state index contributed by atoms with van der Waals surface area (Å²) in [5, 5.41) is 8.23. The number of hydrogen-bond donors (Lipinski definition) is 2. The van der Waals surface area contributed by atoms with Crippen LogP contribution in [-0.4, -0.2) is 38.8 Å². The van der Waals surface area contributed by atoms with Crippen LogP contribution in [-0.2, 0) is 4.79 Å². The number of carbonyl (C=O) groups excluding carboxylic acids is 2. The Balaban J connectivity index is 1.85. The first-order valence-corrected chi connectivity index (χ1v) is 7.87. The molecule has 24 heavy (non-hydrogen) atoms. The van der Waals surface area contributed by atoms with Crippen LogP contribution in [0.3, 0.4) is 0 Å². The third-order valence-electron chi connectivity index (χ3n) is 2.98. The SMILES string of the molecule is COc1ccc(C(=O)NCC(=O)NN=Cc2cccs2)cc1OC. The molecule has 7 nitrogen and oxygen atoms in total. The van der Waals surface area contributed by atoms with E-state index in [0.717, 1.165) is 4.88 Å². The molecule has 2 N–H and O–H groups in total. The van der Waals surface area contributed by atoms with E-state index in [-0.39, 0.29) is 6.54 Å². The van der Waals surface area contributed by atoms with Crippen molar-refractivity contribution in [1.82, 2.24) is 10.7 Å². The van der Waals surface area contributed by atoms with E-state index in [9.17, 15) is 9.59 Å². The van der Waals surface area contributed by atoms with Gasteiger partial charge in [0.15, 0.2) is 11.5 Å². The molecule has 0 spiro atoms. The van der Waals surface area contributed by atoms with Crippen molar-refractivity contribution < 1.29 is 19.1 Å². The van der Waals surface area contributed by atoms with Gasteiger partial charge in [-0.25, -0.2) is 5.43 Å². The van der Waals surface area contributed by atoms with Gasteiger partial charge in [-0.05, 0) is 29.6 Å². The van der Waals surface area contributed by atoms with Gasteiger partial charge in [-0.15, -0.1) is 11.3 Å². The topological polar surface area (TPSA) is 89.0 Å². The van der Waals surface area contributed by atoms with E-state index < -0.39 is 11.8 Å². The molecule has 1 aromatic carbocycles. The predicted octanol–water partition coefficient (Wildman–Crippen LogP) is 1.65. The molecule has 0 unspecified atom stereocenters. The lowest BCUT2D eigenvalue weighted by Crippen LogP contribution is -2.34. The Labute approximate surface area is 143 Å². The van der Waals surface area contributed by atoms with Crippen molar-refractivity contribution >= 4 is 29.4 Å². The number of hydrazone groups is 1. The third-order valence-corrected chi connectivity index (χ3v) is 3.79. The lowest BCUT2D eigenvalue weighted by atomic mass is 10.2. The molecule has 1 aromatic heterocycles. The number of rotatable bonds is 7. The minimum absolute atomic E-state index is 0.186. The Morgan fingerprint density at radius 2 is 2.00 bits per heavy atom. The quantitative estimate of drug-likeness (QED) is 0.589. The van der Waals surface area contributed by atoms with Crippen LogP contribution in [0.4, 0.5) is 0 Å². The second-order valence-corrected chi connectivity index (χ2v) is 5.54. The molecule has 2 amide bonds. The van der Waals surface area contributed by atoms with Crippen LogP contribution in [0.2, 0.25) is 0 Å². The van der Waals surface area contributed by atoms with Crippen molar-refractivity contribution in [2.45, 2.75) is 0 Å². The molecular formula is C16H17N3O4S. The van der Waals surface area contributed by atoms with Gasteiger partial charge in [0.05, 0.1) is 27.0 Å². The molecule has 0 saturated carbocycles. The maximum atomic E-state index is 12.1. The maximum Gasteiger partial charge on any atom is 0.259 e. The lowest BCUT2D eigenvalue weighted by molar-refractivity contribution is -0.120. The van der Waals surface area contributed by atoms with Gasteiger partial charge in [0.2, 0.25) is 0 Å². The molecule has 0 fully saturated rings. The molecular weight excluding hydrogens is 330 g/mol. The fourth-order valence-electron chi connectivity index (χ4n) is 1.81. The van der Waals surface area contributed by atoms with Crippen molar-refractivity contribution in [2.24, 2.45) is 5.10 Å². The van der Waals surface area contributed by atoms with Crippen LogP contribution >= 0.6 is 11.3 Å². The number of hydrogen-bond acceptors (Lipinski definition) is 6. The first-order chi connectivity index (χ1) is 11.6. The molecule has 8 heteroatoms. The van der Waals surface area contributed by atoms with Gasteiger partial charge in [0.25, 0.3) is 11.8 Å². The Morgan fingerprint density at radius 1 is 1.21 bits per heavy atom. The maximum absolute atomic E-state index is 12.1. The highest BCUT2D eigenvalue weighted by molar-refractivity contribution is 7.11. The van der Waals surface area contributed by atoms with Gasteiger partial charge in [-0.3, -0.25) is 9.59 Å². The van der Waals surface area contributed by atoms with Crippen LogP contribution in [0, 0.1) is 0 Å². The highest BCUT2D eigenvalue weighted by Gasteiger charge is 2.11. The van der Waals surface area contributed by atoms with E-state index in [0.29, 0.717) is 17.1 Å². The first kappa shape index (κ1) is 17.5.